The smallest absolute Gasteiger partial charge is 0.328 e. The van der Waals surface area contributed by atoms with E-state index in [1.807, 2.05) is 109 Å². The lowest BCUT2D eigenvalue weighted by Crippen LogP contribution is -2.33. The highest BCUT2D eigenvalue weighted by atomic mass is 16.5. The van der Waals surface area contributed by atoms with E-state index in [2.05, 4.69) is 10.6 Å². The first kappa shape index (κ1) is 31.7. The molecule has 46 heavy (non-hydrogen) atoms. The maximum Gasteiger partial charge on any atom is 0.328 e. The number of para-hydroxylation sites is 1. The zero-order valence-electron chi connectivity index (χ0n) is 25.6. The Morgan fingerprint density at radius 2 is 1.24 bits per heavy atom. The Morgan fingerprint density at radius 3 is 1.85 bits per heavy atom. The van der Waals surface area contributed by atoms with Gasteiger partial charge in [-0.25, -0.2) is 4.79 Å². The first-order chi connectivity index (χ1) is 22.5. The van der Waals surface area contributed by atoms with Gasteiger partial charge in [-0.3, -0.25) is 9.59 Å². The van der Waals surface area contributed by atoms with Gasteiger partial charge in [0.1, 0.15) is 18.4 Å². The molecule has 5 aromatic rings. The summed E-state index contributed by atoms with van der Waals surface area (Å²) in [5.74, 6) is -0.448. The molecule has 0 aliphatic heterocycles. The van der Waals surface area contributed by atoms with Gasteiger partial charge in [0.15, 0.2) is 5.78 Å². The maximum absolute atomic E-state index is 13.2. The number of benzene rings is 5. The molecule has 0 unspecified atom stereocenters. The summed E-state index contributed by atoms with van der Waals surface area (Å²) < 4.78 is 11.0. The van der Waals surface area contributed by atoms with Gasteiger partial charge in [0, 0.05) is 23.2 Å². The molecule has 1 amide bonds. The number of ether oxygens (including phenoxy) is 2. The van der Waals surface area contributed by atoms with Crippen molar-refractivity contribution in [1.29, 1.82) is 0 Å². The molecule has 0 aromatic heterocycles. The molecule has 5 aromatic carbocycles. The molecule has 0 saturated heterocycles. The number of carbonyl (C=O) groups excluding carboxylic acids is 3. The van der Waals surface area contributed by atoms with Crippen LogP contribution in [-0.4, -0.2) is 44.0 Å². The van der Waals surface area contributed by atoms with Crippen LogP contribution in [0.1, 0.15) is 38.5 Å². The third kappa shape index (κ3) is 8.27. The second-order valence-electron chi connectivity index (χ2n) is 10.7. The predicted molar refractivity (Wildman–Crippen MR) is 179 cm³/mol. The predicted octanol–water partition coefficient (Wildman–Crippen LogP) is 6.44. The third-order valence-corrected chi connectivity index (χ3v) is 7.58. The lowest BCUT2D eigenvalue weighted by atomic mass is 9.90. The van der Waals surface area contributed by atoms with Crippen molar-refractivity contribution in [3.8, 4) is 5.75 Å². The zero-order valence-corrected chi connectivity index (χ0v) is 25.6. The van der Waals surface area contributed by atoms with Gasteiger partial charge >= 0.3 is 5.97 Å². The Morgan fingerprint density at radius 1 is 0.674 bits per heavy atom. The van der Waals surface area contributed by atoms with Crippen molar-refractivity contribution in [1.82, 2.24) is 5.32 Å². The number of methoxy groups -OCH3 is 1. The molecule has 7 heteroatoms. The van der Waals surface area contributed by atoms with Gasteiger partial charge in [0.05, 0.1) is 19.6 Å². The van der Waals surface area contributed by atoms with E-state index in [0.717, 1.165) is 16.7 Å². The summed E-state index contributed by atoms with van der Waals surface area (Å²) in [5, 5.41) is 6.24. The fourth-order valence-corrected chi connectivity index (χ4v) is 5.26. The molecule has 0 aliphatic rings. The summed E-state index contributed by atoms with van der Waals surface area (Å²) in [6.07, 6.45) is 0.331. The molecule has 0 spiro atoms. The van der Waals surface area contributed by atoms with E-state index in [1.54, 1.807) is 30.3 Å². The lowest BCUT2D eigenvalue weighted by molar-refractivity contribution is -0.141. The Kier molecular flexibility index (Phi) is 10.9. The zero-order chi connectivity index (χ0) is 32.1. The van der Waals surface area contributed by atoms with Crippen molar-refractivity contribution in [3.05, 3.63) is 167 Å². The topological polar surface area (TPSA) is 93.7 Å². The Balaban J connectivity index is 1.18. The van der Waals surface area contributed by atoms with Crippen LogP contribution in [0.3, 0.4) is 0 Å². The number of carbonyl (C=O) groups is 3. The van der Waals surface area contributed by atoms with Crippen LogP contribution >= 0.6 is 0 Å². The van der Waals surface area contributed by atoms with Crippen molar-refractivity contribution in [2.45, 2.75) is 18.4 Å². The van der Waals surface area contributed by atoms with Gasteiger partial charge < -0.3 is 20.1 Å². The highest BCUT2D eigenvalue weighted by molar-refractivity contribution is 6.12. The van der Waals surface area contributed by atoms with Gasteiger partial charge in [0.25, 0.3) is 0 Å². The van der Waals surface area contributed by atoms with E-state index in [4.69, 9.17) is 9.47 Å². The van der Waals surface area contributed by atoms with Gasteiger partial charge in [-0.1, -0.05) is 115 Å². The van der Waals surface area contributed by atoms with Gasteiger partial charge in [-0.2, -0.15) is 0 Å². The van der Waals surface area contributed by atoms with Gasteiger partial charge in [0.2, 0.25) is 5.91 Å². The van der Waals surface area contributed by atoms with Crippen molar-refractivity contribution in [3.63, 3.8) is 0 Å². The molecule has 0 fully saturated rings. The van der Waals surface area contributed by atoms with E-state index in [-0.39, 0.29) is 11.7 Å². The van der Waals surface area contributed by atoms with Crippen LogP contribution in [0.15, 0.2) is 140 Å². The molecular weight excluding hydrogens is 576 g/mol. The van der Waals surface area contributed by atoms with Crippen molar-refractivity contribution < 1.29 is 23.9 Å². The Hall–Kier alpha value is -5.69. The number of ketones is 1. The summed E-state index contributed by atoms with van der Waals surface area (Å²) >= 11 is 0. The molecule has 7 nitrogen and oxygen atoms in total. The molecule has 232 valence electrons. The normalized spacial score (nSPS) is 11.3. The Labute approximate surface area is 269 Å². The molecule has 1 atom stereocenters. The van der Waals surface area contributed by atoms with Crippen LogP contribution in [0.25, 0.3) is 0 Å². The average Bonchev–Trinajstić information content (AvgIpc) is 3.11. The molecule has 0 bridgehead atoms. The number of amides is 1. The first-order valence-electron chi connectivity index (χ1n) is 15.2. The van der Waals surface area contributed by atoms with Crippen LogP contribution in [0.4, 0.5) is 5.69 Å². The van der Waals surface area contributed by atoms with Crippen LogP contribution in [-0.2, 0) is 20.7 Å². The van der Waals surface area contributed by atoms with E-state index in [0.29, 0.717) is 42.1 Å². The molecule has 2 N–H and O–H groups in total. The summed E-state index contributed by atoms with van der Waals surface area (Å²) in [5.41, 5.74) is 4.31. The maximum atomic E-state index is 13.2. The fourth-order valence-electron chi connectivity index (χ4n) is 5.26. The Bertz CT molecular complexity index is 1690. The number of hydrogen-bond donors (Lipinski definition) is 2. The van der Waals surface area contributed by atoms with Crippen molar-refractivity contribution >= 4 is 23.3 Å². The standard InChI is InChI=1S/C39H36N2O5/c1-45-39(44)35(41-34-20-12-11-19-33(34)37(42)31-17-9-4-10-18-31)27-28-21-23-32(24-22-28)46-26-25-40-38(43)36(29-13-5-2-6-14-29)30-15-7-3-8-16-30/h2-24,35-36,41H,25-27H2,1H3,(H,40,43)/t35-/m0/s1. The van der Waals surface area contributed by atoms with Gasteiger partial charge in [-0.05, 0) is 41.0 Å². The molecule has 0 heterocycles. The minimum Gasteiger partial charge on any atom is -0.492 e. The highest BCUT2D eigenvalue weighted by Gasteiger charge is 2.24. The number of nitrogens with one attached hydrogen (secondary N) is 2. The second kappa shape index (κ2) is 15.9. The van der Waals surface area contributed by atoms with Crippen LogP contribution in [0.5, 0.6) is 5.75 Å². The van der Waals surface area contributed by atoms with E-state index < -0.39 is 17.9 Å². The van der Waals surface area contributed by atoms with Crippen molar-refractivity contribution in [2.75, 3.05) is 25.6 Å². The van der Waals surface area contributed by atoms with Crippen molar-refractivity contribution in [2.24, 2.45) is 0 Å². The van der Waals surface area contributed by atoms with E-state index in [1.165, 1.54) is 7.11 Å². The molecule has 5 rings (SSSR count). The third-order valence-electron chi connectivity index (χ3n) is 7.58. The molecule has 0 aliphatic carbocycles. The van der Waals surface area contributed by atoms with E-state index in [9.17, 15) is 14.4 Å². The minimum atomic E-state index is -0.723. The van der Waals surface area contributed by atoms with Crippen LogP contribution in [0, 0.1) is 0 Å². The lowest BCUT2D eigenvalue weighted by Gasteiger charge is -2.20. The number of rotatable bonds is 14. The second-order valence-corrected chi connectivity index (χ2v) is 10.7. The molecule has 0 saturated carbocycles. The van der Waals surface area contributed by atoms with Crippen LogP contribution in [0.2, 0.25) is 0 Å². The fraction of sp³-hybridized carbons (Fsp3) is 0.154. The number of hydrogen-bond acceptors (Lipinski definition) is 6. The van der Waals surface area contributed by atoms with E-state index >= 15 is 0 Å². The molecular formula is C39H36N2O5. The van der Waals surface area contributed by atoms with Crippen LogP contribution < -0.4 is 15.4 Å². The SMILES string of the molecule is COC(=O)[C@H](Cc1ccc(OCCNC(=O)C(c2ccccc2)c2ccccc2)cc1)Nc1ccccc1C(=O)c1ccccc1. The number of anilines is 1. The first-order valence-corrected chi connectivity index (χ1v) is 15.2. The summed E-state index contributed by atoms with van der Waals surface area (Å²) in [6.45, 7) is 0.631. The van der Waals surface area contributed by atoms with Gasteiger partial charge in [-0.15, -0.1) is 0 Å². The summed E-state index contributed by atoms with van der Waals surface area (Å²) in [6, 6.07) is 42.3. The largest absolute Gasteiger partial charge is 0.492 e. The quantitative estimate of drug-likeness (QED) is 0.0852. The minimum absolute atomic E-state index is 0.0928. The summed E-state index contributed by atoms with van der Waals surface area (Å²) in [4.78, 5) is 39.2. The summed E-state index contributed by atoms with van der Waals surface area (Å²) in [7, 11) is 1.34. The monoisotopic (exact) mass is 612 g/mol. The highest BCUT2D eigenvalue weighted by Crippen LogP contribution is 2.25. The number of esters is 1. The average molecular weight is 613 g/mol. The molecule has 0 radical (unpaired) electrons.